The molecule has 0 saturated carbocycles. The number of hydrogen-bond donors (Lipinski definition) is 1. The number of benzene rings is 1. The molecule has 3 heteroatoms. The zero-order chi connectivity index (χ0) is 32.2. The van der Waals surface area contributed by atoms with Crippen LogP contribution in [0.5, 0.6) is 0 Å². The number of allylic oxidation sites excluding steroid dienone is 2. The van der Waals surface area contributed by atoms with E-state index in [0.29, 0.717) is 0 Å². The zero-order valence-corrected chi connectivity index (χ0v) is 28.5. The summed E-state index contributed by atoms with van der Waals surface area (Å²) in [4.78, 5) is 6.28. The first kappa shape index (κ1) is 41.6. The van der Waals surface area contributed by atoms with E-state index in [1.165, 1.54) is 33.4 Å². The number of hydrogen-bond acceptors (Lipinski definition) is 3. The Morgan fingerprint density at radius 3 is 1.93 bits per heavy atom. The molecular formula is C37H63N3. The van der Waals surface area contributed by atoms with Crippen molar-refractivity contribution in [2.24, 2.45) is 10.4 Å². The smallest absolute Gasteiger partial charge is 0.0513 e. The van der Waals surface area contributed by atoms with E-state index in [0.717, 1.165) is 42.9 Å². The van der Waals surface area contributed by atoms with Gasteiger partial charge in [0.05, 0.1) is 6.04 Å². The van der Waals surface area contributed by atoms with Crippen molar-refractivity contribution in [2.75, 3.05) is 27.2 Å². The fraction of sp³-hybridized carbons (Fsp3) is 0.486. The van der Waals surface area contributed by atoms with Crippen molar-refractivity contribution in [2.45, 2.75) is 88.1 Å². The Bertz CT molecular complexity index is 985. The van der Waals surface area contributed by atoms with E-state index in [2.05, 4.69) is 122 Å². The van der Waals surface area contributed by atoms with Gasteiger partial charge in [-0.1, -0.05) is 98.2 Å². The lowest BCUT2D eigenvalue weighted by Gasteiger charge is -2.26. The van der Waals surface area contributed by atoms with Crippen LogP contribution in [-0.2, 0) is 0 Å². The van der Waals surface area contributed by atoms with E-state index in [9.17, 15) is 0 Å². The van der Waals surface area contributed by atoms with Gasteiger partial charge in [-0.15, -0.1) is 13.2 Å². The van der Waals surface area contributed by atoms with Crippen LogP contribution in [0.4, 0.5) is 0 Å². The molecule has 0 unspecified atom stereocenters. The van der Waals surface area contributed by atoms with E-state index in [4.69, 9.17) is 0 Å². The van der Waals surface area contributed by atoms with Gasteiger partial charge < -0.3 is 5.32 Å². The van der Waals surface area contributed by atoms with E-state index >= 15 is 0 Å². The van der Waals surface area contributed by atoms with Crippen LogP contribution in [0.3, 0.4) is 0 Å². The topological polar surface area (TPSA) is 27.6 Å². The van der Waals surface area contributed by atoms with Crippen molar-refractivity contribution in [3.63, 3.8) is 0 Å². The van der Waals surface area contributed by atoms with Crippen LogP contribution in [0, 0.1) is 19.3 Å². The molecule has 3 nitrogen and oxygen atoms in total. The summed E-state index contributed by atoms with van der Waals surface area (Å²) in [6, 6.07) is 4.67. The number of rotatable bonds is 12. The predicted molar refractivity (Wildman–Crippen MR) is 188 cm³/mol. The minimum Gasteiger partial charge on any atom is -0.378 e. The van der Waals surface area contributed by atoms with E-state index in [-0.39, 0.29) is 11.5 Å². The van der Waals surface area contributed by atoms with Crippen LogP contribution in [0.25, 0.3) is 5.57 Å². The van der Waals surface area contributed by atoms with Crippen LogP contribution >= 0.6 is 0 Å². The Morgan fingerprint density at radius 2 is 1.52 bits per heavy atom. The summed E-state index contributed by atoms with van der Waals surface area (Å²) in [6.45, 7) is 49.3. The maximum atomic E-state index is 4.34. The highest BCUT2D eigenvalue weighted by Gasteiger charge is 2.19. The van der Waals surface area contributed by atoms with E-state index in [1.807, 2.05) is 34.7 Å². The largest absolute Gasteiger partial charge is 0.378 e. The van der Waals surface area contributed by atoms with Gasteiger partial charge in [0.15, 0.2) is 0 Å². The molecule has 0 amide bonds. The summed E-state index contributed by atoms with van der Waals surface area (Å²) in [6.07, 6.45) is 3.71. The summed E-state index contributed by atoms with van der Waals surface area (Å²) in [5, 5.41) is 3.50. The molecule has 0 heterocycles. The van der Waals surface area contributed by atoms with Gasteiger partial charge in [0.25, 0.3) is 0 Å². The fourth-order valence-corrected chi connectivity index (χ4v) is 4.14. The molecule has 0 aromatic heterocycles. The van der Waals surface area contributed by atoms with Crippen LogP contribution in [0.2, 0.25) is 0 Å². The number of nitrogens with zero attached hydrogens (tertiary/aromatic N) is 2. The average Bonchev–Trinajstić information content (AvgIpc) is 2.89. The lowest BCUT2D eigenvalue weighted by atomic mass is 9.83. The highest BCUT2D eigenvalue weighted by Crippen LogP contribution is 2.34. The number of nitrogens with one attached hydrogen (secondary N) is 1. The maximum absolute atomic E-state index is 4.34. The SMILES string of the molecule is C=C.C=C(C)CN(C)CC(C)=NC.C=CC(=C)C(=C)N[C@@H](CC)c1ccc(C(=C)CC(C)(C)C)c(C)c1C.CC. The number of aliphatic imine (C=N–C) groups is 1. The second kappa shape index (κ2) is 21.9. The van der Waals surface area contributed by atoms with Crippen LogP contribution < -0.4 is 5.32 Å². The molecule has 0 fully saturated rings. The van der Waals surface area contributed by atoms with Crippen LogP contribution in [0.1, 0.15) is 96.5 Å². The number of likely N-dealkylation sites (N-methyl/N-ethyl adjacent to an activating group) is 1. The molecule has 226 valence electrons. The van der Waals surface area contributed by atoms with Gasteiger partial charge >= 0.3 is 0 Å². The quantitative estimate of drug-likeness (QED) is 0.159. The molecule has 1 N–H and O–H groups in total. The molecule has 0 spiro atoms. The standard InChI is InChI=1S/C24H35N.C9H18N2.C2H6.C2H4/c1-11-16(3)20(7)25-23(12-2)22-14-13-21(18(5)19(22)6)17(4)15-24(8,9)10;1-8(2)6-11(5)7-9(3)10-4;2*1-2/h11,13-14,23,25H,1,3-4,7,12,15H2,2,5-6,8-10H3;1,6-7H2,2-5H3;1-2H3;1-2H2/t23-;;;/m0.../s1. The summed E-state index contributed by atoms with van der Waals surface area (Å²) in [7, 11) is 3.90. The van der Waals surface area contributed by atoms with Gasteiger partial charge in [0.1, 0.15) is 0 Å². The molecule has 1 atom stereocenters. The average molecular weight is 550 g/mol. The van der Waals surface area contributed by atoms with Crippen molar-refractivity contribution in [3.8, 4) is 0 Å². The minimum absolute atomic E-state index is 0.216. The van der Waals surface area contributed by atoms with Gasteiger partial charge in [-0.05, 0) is 86.4 Å². The summed E-state index contributed by atoms with van der Waals surface area (Å²) in [5.41, 5.74) is 10.7. The molecule has 0 saturated heterocycles. The van der Waals surface area contributed by atoms with Crippen molar-refractivity contribution in [1.29, 1.82) is 0 Å². The van der Waals surface area contributed by atoms with Crippen LogP contribution in [-0.4, -0.2) is 37.8 Å². The third kappa shape index (κ3) is 16.9. The molecule has 0 aliphatic heterocycles. The summed E-state index contributed by atoms with van der Waals surface area (Å²) in [5.74, 6) is 0. The van der Waals surface area contributed by atoms with Crippen molar-refractivity contribution < 1.29 is 0 Å². The van der Waals surface area contributed by atoms with Crippen molar-refractivity contribution in [3.05, 3.63) is 103 Å². The molecule has 0 radical (unpaired) electrons. The first-order valence-electron chi connectivity index (χ1n) is 14.4. The van der Waals surface area contributed by atoms with Crippen molar-refractivity contribution >= 4 is 11.3 Å². The van der Waals surface area contributed by atoms with Gasteiger partial charge in [-0.2, -0.15) is 0 Å². The summed E-state index contributed by atoms with van der Waals surface area (Å²) >= 11 is 0. The molecule has 1 aromatic carbocycles. The first-order chi connectivity index (χ1) is 18.6. The highest BCUT2D eigenvalue weighted by molar-refractivity contribution is 5.83. The van der Waals surface area contributed by atoms with Gasteiger partial charge in [-0.3, -0.25) is 9.89 Å². The third-order valence-electron chi connectivity index (χ3n) is 6.14. The molecule has 0 aliphatic rings. The lowest BCUT2D eigenvalue weighted by Crippen LogP contribution is -2.25. The molecule has 1 rings (SSSR count). The Kier molecular flexibility index (Phi) is 22.7. The van der Waals surface area contributed by atoms with E-state index in [1.54, 1.807) is 6.08 Å². The minimum atomic E-state index is 0.216. The monoisotopic (exact) mass is 550 g/mol. The Balaban J connectivity index is -0.000000764. The van der Waals surface area contributed by atoms with E-state index < -0.39 is 0 Å². The Labute approximate surface area is 250 Å². The Morgan fingerprint density at radius 1 is 1.00 bits per heavy atom. The second-order valence-corrected chi connectivity index (χ2v) is 11.2. The fourth-order valence-electron chi connectivity index (χ4n) is 4.14. The van der Waals surface area contributed by atoms with Crippen molar-refractivity contribution in [1.82, 2.24) is 10.2 Å². The predicted octanol–water partition coefficient (Wildman–Crippen LogP) is 10.5. The van der Waals surface area contributed by atoms with Gasteiger partial charge in [-0.25, -0.2) is 0 Å². The normalized spacial score (nSPS) is 11.4. The maximum Gasteiger partial charge on any atom is 0.0513 e. The zero-order valence-electron chi connectivity index (χ0n) is 28.5. The molecule has 1 aromatic rings. The molecule has 0 aliphatic carbocycles. The molecule has 40 heavy (non-hydrogen) atoms. The Hall–Kier alpha value is -2.91. The third-order valence-corrected chi connectivity index (χ3v) is 6.14. The first-order valence-corrected chi connectivity index (χ1v) is 14.4. The van der Waals surface area contributed by atoms with Gasteiger partial charge in [0.2, 0.25) is 0 Å². The lowest BCUT2D eigenvalue weighted by molar-refractivity contribution is 0.414. The second-order valence-electron chi connectivity index (χ2n) is 11.2. The molecular weight excluding hydrogens is 486 g/mol. The van der Waals surface area contributed by atoms with Gasteiger partial charge in [0, 0.05) is 31.5 Å². The highest BCUT2D eigenvalue weighted by atomic mass is 15.1. The van der Waals surface area contributed by atoms with Crippen LogP contribution in [0.15, 0.2) is 86.1 Å². The summed E-state index contributed by atoms with van der Waals surface area (Å²) < 4.78 is 0. The molecule has 0 bridgehead atoms.